The number of carbonyl (C=O) groups excluding carboxylic acids is 1. The van der Waals surface area contributed by atoms with Crippen LogP contribution in [0.3, 0.4) is 0 Å². The monoisotopic (exact) mass is 376 g/mol. The number of anilines is 1. The number of nitro benzene ring substituents is 1. The maximum atomic E-state index is 12.7. The van der Waals surface area contributed by atoms with E-state index >= 15 is 0 Å². The van der Waals surface area contributed by atoms with E-state index in [9.17, 15) is 19.7 Å². The van der Waals surface area contributed by atoms with Gasteiger partial charge < -0.3 is 10.3 Å². The molecule has 0 atom stereocenters. The lowest BCUT2D eigenvalue weighted by atomic mass is 10.1. The van der Waals surface area contributed by atoms with E-state index in [2.05, 4.69) is 20.4 Å². The molecule has 2 aromatic carbocycles. The van der Waals surface area contributed by atoms with Crippen molar-refractivity contribution in [2.75, 3.05) is 5.32 Å². The van der Waals surface area contributed by atoms with Crippen LogP contribution in [0.4, 0.5) is 11.4 Å². The molecule has 1 amide bonds. The Morgan fingerprint density at radius 3 is 2.71 bits per heavy atom. The molecule has 0 aliphatic carbocycles. The van der Waals surface area contributed by atoms with E-state index < -0.39 is 10.8 Å². The second-order valence-electron chi connectivity index (χ2n) is 5.77. The molecule has 138 valence electrons. The largest absolute Gasteiger partial charge is 0.320 e. The van der Waals surface area contributed by atoms with E-state index in [0.29, 0.717) is 22.4 Å². The second kappa shape index (κ2) is 6.76. The van der Waals surface area contributed by atoms with Crippen molar-refractivity contribution in [3.8, 4) is 5.69 Å². The van der Waals surface area contributed by atoms with Gasteiger partial charge in [-0.25, -0.2) is 9.67 Å². The average Bonchev–Trinajstić information content (AvgIpc) is 3.13. The summed E-state index contributed by atoms with van der Waals surface area (Å²) in [5, 5.41) is 18.3. The van der Waals surface area contributed by atoms with E-state index in [4.69, 9.17) is 0 Å². The van der Waals surface area contributed by atoms with Gasteiger partial charge in [0, 0.05) is 6.07 Å². The minimum absolute atomic E-state index is 0.0674. The van der Waals surface area contributed by atoms with Crippen LogP contribution in [0, 0.1) is 10.1 Å². The highest BCUT2D eigenvalue weighted by Crippen LogP contribution is 2.24. The first kappa shape index (κ1) is 17.1. The van der Waals surface area contributed by atoms with Crippen LogP contribution >= 0.6 is 0 Å². The molecule has 2 heterocycles. The van der Waals surface area contributed by atoms with E-state index in [0.717, 1.165) is 0 Å². The van der Waals surface area contributed by atoms with Crippen LogP contribution < -0.4 is 10.9 Å². The minimum atomic E-state index is -0.637. The zero-order valence-electron chi connectivity index (χ0n) is 14.2. The lowest BCUT2D eigenvalue weighted by Gasteiger charge is -2.11. The summed E-state index contributed by atoms with van der Waals surface area (Å²) in [4.78, 5) is 41.7. The number of benzene rings is 2. The summed E-state index contributed by atoms with van der Waals surface area (Å²) in [6.45, 7) is 0. The van der Waals surface area contributed by atoms with E-state index in [1.54, 1.807) is 30.3 Å². The molecule has 0 radical (unpaired) electrons. The minimum Gasteiger partial charge on any atom is -0.320 e. The van der Waals surface area contributed by atoms with Crippen molar-refractivity contribution in [2.24, 2.45) is 0 Å². The Balaban J connectivity index is 1.77. The van der Waals surface area contributed by atoms with Gasteiger partial charge in [0.25, 0.3) is 17.2 Å². The number of amides is 1. The number of rotatable bonds is 4. The van der Waals surface area contributed by atoms with Crippen LogP contribution in [0.15, 0.2) is 65.8 Å². The molecule has 0 unspecified atom stereocenters. The van der Waals surface area contributed by atoms with Crippen molar-refractivity contribution in [1.82, 2.24) is 19.7 Å². The SMILES string of the molecule is O=C(Nc1ccccc1-n1ncc2c(=O)[nH]cnc21)c1ccccc1[N+](=O)[O-]. The number of para-hydroxylation sites is 3. The van der Waals surface area contributed by atoms with Gasteiger partial charge in [-0.05, 0) is 18.2 Å². The van der Waals surface area contributed by atoms with Gasteiger partial charge in [0.1, 0.15) is 10.9 Å². The topological polar surface area (TPSA) is 136 Å². The number of H-pyrrole nitrogens is 1. The van der Waals surface area contributed by atoms with Gasteiger partial charge in [0.05, 0.1) is 28.8 Å². The molecule has 0 saturated heterocycles. The molecule has 4 rings (SSSR count). The average molecular weight is 376 g/mol. The Bertz CT molecular complexity index is 1280. The van der Waals surface area contributed by atoms with Crippen molar-refractivity contribution in [3.63, 3.8) is 0 Å². The number of aromatic amines is 1. The first-order valence-corrected chi connectivity index (χ1v) is 8.12. The Morgan fingerprint density at radius 2 is 1.89 bits per heavy atom. The maximum Gasteiger partial charge on any atom is 0.282 e. The molecule has 2 aromatic heterocycles. The molecular formula is C18H12N6O4. The first-order valence-electron chi connectivity index (χ1n) is 8.12. The number of hydrogen-bond acceptors (Lipinski definition) is 6. The molecule has 0 saturated carbocycles. The number of aromatic nitrogens is 4. The molecule has 0 bridgehead atoms. The summed E-state index contributed by atoms with van der Waals surface area (Å²) < 4.78 is 1.42. The second-order valence-corrected chi connectivity index (χ2v) is 5.77. The molecule has 28 heavy (non-hydrogen) atoms. The smallest absolute Gasteiger partial charge is 0.282 e. The summed E-state index contributed by atoms with van der Waals surface area (Å²) in [6, 6.07) is 12.4. The Labute approximate surface area is 156 Å². The molecule has 0 aliphatic heterocycles. The highest BCUT2D eigenvalue weighted by Gasteiger charge is 2.21. The van der Waals surface area contributed by atoms with Crippen molar-refractivity contribution in [2.45, 2.75) is 0 Å². The van der Waals surface area contributed by atoms with Crippen molar-refractivity contribution in [3.05, 3.63) is 87.1 Å². The number of hydrogen-bond donors (Lipinski definition) is 2. The van der Waals surface area contributed by atoms with Crippen LogP contribution in [-0.4, -0.2) is 30.6 Å². The number of nitrogens with zero attached hydrogens (tertiary/aromatic N) is 4. The molecule has 10 heteroatoms. The summed E-state index contributed by atoms with van der Waals surface area (Å²) in [5.74, 6) is -0.637. The van der Waals surface area contributed by atoms with Gasteiger partial charge in [-0.15, -0.1) is 0 Å². The fraction of sp³-hybridized carbons (Fsp3) is 0. The number of carbonyl (C=O) groups is 1. The first-order chi connectivity index (χ1) is 13.6. The summed E-state index contributed by atoms with van der Waals surface area (Å²) in [5.41, 5.74) is 0.437. The molecule has 2 N–H and O–H groups in total. The van der Waals surface area contributed by atoms with Gasteiger partial charge in [-0.1, -0.05) is 24.3 Å². The Hall–Kier alpha value is -4.34. The van der Waals surface area contributed by atoms with Crippen LogP contribution in [0.1, 0.15) is 10.4 Å². The van der Waals surface area contributed by atoms with Crippen molar-refractivity contribution in [1.29, 1.82) is 0 Å². The number of fused-ring (bicyclic) bond motifs is 1. The highest BCUT2D eigenvalue weighted by atomic mass is 16.6. The third-order valence-corrected chi connectivity index (χ3v) is 4.10. The summed E-state index contributed by atoms with van der Waals surface area (Å²) in [7, 11) is 0. The molecule has 0 spiro atoms. The van der Waals surface area contributed by atoms with E-state index in [1.165, 1.54) is 35.4 Å². The van der Waals surface area contributed by atoms with Crippen LogP contribution in [0.2, 0.25) is 0 Å². The van der Waals surface area contributed by atoms with Crippen LogP contribution in [0.5, 0.6) is 0 Å². The molecular weight excluding hydrogens is 364 g/mol. The Morgan fingerprint density at radius 1 is 1.14 bits per heavy atom. The fourth-order valence-corrected chi connectivity index (χ4v) is 2.81. The maximum absolute atomic E-state index is 12.7. The zero-order chi connectivity index (χ0) is 19.7. The summed E-state index contributed by atoms with van der Waals surface area (Å²) >= 11 is 0. The van der Waals surface area contributed by atoms with Gasteiger partial charge in [0.15, 0.2) is 5.65 Å². The predicted octanol–water partition coefficient (Wildman–Crippen LogP) is 2.27. The number of nitro groups is 1. The van der Waals surface area contributed by atoms with E-state index in [-0.39, 0.29) is 16.8 Å². The zero-order valence-corrected chi connectivity index (χ0v) is 14.2. The van der Waals surface area contributed by atoms with Crippen molar-refractivity contribution >= 4 is 28.3 Å². The normalized spacial score (nSPS) is 10.7. The molecule has 0 fully saturated rings. The van der Waals surface area contributed by atoms with Crippen LogP contribution in [0.25, 0.3) is 16.7 Å². The highest BCUT2D eigenvalue weighted by molar-refractivity contribution is 6.08. The quantitative estimate of drug-likeness (QED) is 0.414. The lowest BCUT2D eigenvalue weighted by Crippen LogP contribution is -2.16. The third kappa shape index (κ3) is 2.88. The third-order valence-electron chi connectivity index (χ3n) is 4.10. The molecule has 4 aromatic rings. The molecule has 0 aliphatic rings. The van der Waals surface area contributed by atoms with Crippen LogP contribution in [-0.2, 0) is 0 Å². The van der Waals surface area contributed by atoms with Gasteiger partial charge in [0.2, 0.25) is 0 Å². The van der Waals surface area contributed by atoms with Gasteiger partial charge >= 0.3 is 0 Å². The van der Waals surface area contributed by atoms with Gasteiger partial charge in [-0.3, -0.25) is 19.7 Å². The Kier molecular flexibility index (Phi) is 4.13. The van der Waals surface area contributed by atoms with Gasteiger partial charge in [-0.2, -0.15) is 5.10 Å². The lowest BCUT2D eigenvalue weighted by molar-refractivity contribution is -0.385. The van der Waals surface area contributed by atoms with E-state index in [1.807, 2.05) is 0 Å². The molecule has 10 nitrogen and oxygen atoms in total. The van der Waals surface area contributed by atoms with Crippen molar-refractivity contribution < 1.29 is 9.72 Å². The standard InChI is InChI=1S/C18H12N6O4/c25-17-12-9-21-23(16(12)19-10-20-17)15-8-4-2-6-13(15)22-18(26)11-5-1-3-7-14(11)24(27)28/h1-10H,(H,22,26)(H,19,20,25). The predicted molar refractivity (Wildman–Crippen MR) is 101 cm³/mol. The number of nitrogens with one attached hydrogen (secondary N) is 2. The fourth-order valence-electron chi connectivity index (χ4n) is 2.81. The summed E-state index contributed by atoms with van der Waals surface area (Å²) in [6.07, 6.45) is 2.64.